The number of anilines is 2. The molecule has 2 N–H and O–H groups in total. The van der Waals surface area contributed by atoms with Gasteiger partial charge in [0.15, 0.2) is 0 Å². The Balaban J connectivity index is 2.20. The van der Waals surface area contributed by atoms with E-state index in [4.69, 9.17) is 15.2 Å². The third kappa shape index (κ3) is 3.19. The molecule has 1 atom stereocenters. The normalized spacial score (nSPS) is 18.9. The topological polar surface area (TPSA) is 77.7 Å². The van der Waals surface area contributed by atoms with Crippen molar-refractivity contribution >= 4 is 17.5 Å². The van der Waals surface area contributed by atoms with Gasteiger partial charge in [-0.25, -0.2) is 9.78 Å². The van der Waals surface area contributed by atoms with Crippen LogP contribution in [-0.4, -0.2) is 43.4 Å². The van der Waals surface area contributed by atoms with Crippen LogP contribution in [0.3, 0.4) is 0 Å². The van der Waals surface area contributed by atoms with Gasteiger partial charge in [-0.15, -0.1) is 0 Å². The molecular formula is C14H21N3O3. The minimum Gasteiger partial charge on any atom is -0.462 e. The van der Waals surface area contributed by atoms with Gasteiger partial charge in [0.2, 0.25) is 0 Å². The molecule has 1 aromatic heterocycles. The molecule has 1 unspecified atom stereocenters. The van der Waals surface area contributed by atoms with Gasteiger partial charge in [-0.1, -0.05) is 6.92 Å². The van der Waals surface area contributed by atoms with E-state index in [0.717, 1.165) is 25.3 Å². The number of carbonyl (C=O) groups excluding carboxylic acids is 1. The van der Waals surface area contributed by atoms with Crippen molar-refractivity contribution in [1.29, 1.82) is 0 Å². The number of hydrogen-bond donors (Lipinski definition) is 1. The van der Waals surface area contributed by atoms with Gasteiger partial charge in [-0.2, -0.15) is 0 Å². The number of ether oxygens (including phenoxy) is 2. The molecule has 2 heterocycles. The molecule has 110 valence electrons. The second-order valence-corrected chi connectivity index (χ2v) is 4.70. The number of morpholine rings is 1. The summed E-state index contributed by atoms with van der Waals surface area (Å²) >= 11 is 0. The molecule has 1 aromatic rings. The van der Waals surface area contributed by atoms with Gasteiger partial charge >= 0.3 is 5.97 Å². The molecule has 1 saturated heterocycles. The lowest BCUT2D eigenvalue weighted by molar-refractivity contribution is 0.0381. The van der Waals surface area contributed by atoms with Crippen molar-refractivity contribution in [3.63, 3.8) is 0 Å². The fourth-order valence-electron chi connectivity index (χ4n) is 2.19. The Kier molecular flexibility index (Phi) is 4.79. The van der Waals surface area contributed by atoms with E-state index in [0.29, 0.717) is 24.5 Å². The van der Waals surface area contributed by atoms with E-state index in [1.807, 2.05) is 0 Å². The van der Waals surface area contributed by atoms with Crippen molar-refractivity contribution in [2.45, 2.75) is 26.4 Å². The molecule has 0 saturated carbocycles. The molecule has 0 radical (unpaired) electrons. The predicted molar refractivity (Wildman–Crippen MR) is 76.8 cm³/mol. The molecule has 0 aromatic carbocycles. The van der Waals surface area contributed by atoms with Crippen LogP contribution in [0.15, 0.2) is 12.3 Å². The van der Waals surface area contributed by atoms with Gasteiger partial charge in [-0.05, 0) is 19.4 Å². The van der Waals surface area contributed by atoms with E-state index in [2.05, 4.69) is 16.8 Å². The van der Waals surface area contributed by atoms with Gasteiger partial charge in [0.25, 0.3) is 0 Å². The quantitative estimate of drug-likeness (QED) is 0.841. The van der Waals surface area contributed by atoms with Gasteiger partial charge in [0.1, 0.15) is 5.82 Å². The smallest absolute Gasteiger partial charge is 0.340 e. The Hall–Kier alpha value is -1.82. The van der Waals surface area contributed by atoms with Gasteiger partial charge < -0.3 is 20.1 Å². The first kappa shape index (κ1) is 14.6. The molecule has 1 aliphatic heterocycles. The lowest BCUT2D eigenvalue weighted by atomic mass is 10.2. The number of nitrogens with two attached hydrogens (primary N) is 1. The number of nitrogen functional groups attached to an aromatic ring is 1. The van der Waals surface area contributed by atoms with Crippen LogP contribution < -0.4 is 10.6 Å². The molecule has 1 aliphatic rings. The van der Waals surface area contributed by atoms with Crippen LogP contribution >= 0.6 is 0 Å². The van der Waals surface area contributed by atoms with Gasteiger partial charge in [0.05, 0.1) is 36.8 Å². The van der Waals surface area contributed by atoms with Crippen LogP contribution in [0.4, 0.5) is 11.5 Å². The number of hydrogen-bond acceptors (Lipinski definition) is 6. The average Bonchev–Trinajstić information content (AvgIpc) is 2.48. The van der Waals surface area contributed by atoms with Crippen LogP contribution in [0.1, 0.15) is 30.6 Å². The van der Waals surface area contributed by atoms with Crippen LogP contribution in [0.5, 0.6) is 0 Å². The van der Waals surface area contributed by atoms with Crippen LogP contribution in [0.2, 0.25) is 0 Å². The molecule has 0 amide bonds. The number of esters is 1. The molecule has 0 spiro atoms. The molecule has 0 aliphatic carbocycles. The highest BCUT2D eigenvalue weighted by molar-refractivity contribution is 5.95. The van der Waals surface area contributed by atoms with Crippen molar-refractivity contribution in [2.75, 3.05) is 36.9 Å². The Morgan fingerprint density at radius 1 is 1.60 bits per heavy atom. The summed E-state index contributed by atoms with van der Waals surface area (Å²) in [7, 11) is 0. The zero-order valence-electron chi connectivity index (χ0n) is 12.0. The largest absolute Gasteiger partial charge is 0.462 e. The molecule has 1 fully saturated rings. The Morgan fingerprint density at radius 2 is 2.40 bits per heavy atom. The fraction of sp³-hybridized carbons (Fsp3) is 0.571. The summed E-state index contributed by atoms with van der Waals surface area (Å²) in [5.41, 5.74) is 6.51. The molecular weight excluding hydrogens is 258 g/mol. The summed E-state index contributed by atoms with van der Waals surface area (Å²) in [6, 6.07) is 1.70. The van der Waals surface area contributed by atoms with Crippen LogP contribution in [0.25, 0.3) is 0 Å². The minimum atomic E-state index is -0.408. The van der Waals surface area contributed by atoms with Crippen molar-refractivity contribution < 1.29 is 14.3 Å². The zero-order valence-corrected chi connectivity index (χ0v) is 12.0. The summed E-state index contributed by atoms with van der Waals surface area (Å²) in [6.07, 6.45) is 2.67. The maximum absolute atomic E-state index is 11.8. The minimum absolute atomic E-state index is 0.203. The summed E-state index contributed by atoms with van der Waals surface area (Å²) in [6.45, 7) is 6.38. The number of aromatic nitrogens is 1. The lowest BCUT2D eigenvalue weighted by Crippen LogP contribution is -2.42. The number of rotatable bonds is 4. The van der Waals surface area contributed by atoms with E-state index in [1.54, 1.807) is 13.0 Å². The molecule has 6 nitrogen and oxygen atoms in total. The van der Waals surface area contributed by atoms with Crippen LogP contribution in [-0.2, 0) is 9.47 Å². The monoisotopic (exact) mass is 279 g/mol. The first-order valence-corrected chi connectivity index (χ1v) is 6.94. The standard InChI is InChI=1S/C14H21N3O3/c1-3-10-9-17(5-6-20-10)13-7-11(12(15)8-16-13)14(18)19-4-2/h7-8,10H,3-6,9,15H2,1-2H3. The SMILES string of the molecule is CCOC(=O)c1cc(N2CCOC(CC)C2)ncc1N. The molecule has 0 bridgehead atoms. The van der Waals surface area contributed by atoms with Gasteiger partial charge in [-0.3, -0.25) is 0 Å². The number of carbonyl (C=O) groups is 1. The van der Waals surface area contributed by atoms with Crippen molar-refractivity contribution in [3.05, 3.63) is 17.8 Å². The summed E-state index contributed by atoms with van der Waals surface area (Å²) < 4.78 is 10.6. The van der Waals surface area contributed by atoms with E-state index in [9.17, 15) is 4.79 Å². The third-order valence-electron chi connectivity index (χ3n) is 3.33. The first-order chi connectivity index (χ1) is 9.65. The van der Waals surface area contributed by atoms with E-state index < -0.39 is 5.97 Å². The second kappa shape index (κ2) is 6.56. The third-order valence-corrected chi connectivity index (χ3v) is 3.33. The fourth-order valence-corrected chi connectivity index (χ4v) is 2.19. The van der Waals surface area contributed by atoms with Crippen molar-refractivity contribution in [3.8, 4) is 0 Å². The Labute approximate surface area is 118 Å². The maximum Gasteiger partial charge on any atom is 0.340 e. The Bertz CT molecular complexity index is 479. The number of nitrogens with zero attached hydrogens (tertiary/aromatic N) is 2. The first-order valence-electron chi connectivity index (χ1n) is 6.94. The average molecular weight is 279 g/mol. The molecule has 20 heavy (non-hydrogen) atoms. The van der Waals surface area contributed by atoms with Crippen molar-refractivity contribution in [1.82, 2.24) is 4.98 Å². The van der Waals surface area contributed by atoms with Crippen molar-refractivity contribution in [2.24, 2.45) is 0 Å². The highest BCUT2D eigenvalue weighted by Crippen LogP contribution is 2.21. The van der Waals surface area contributed by atoms with Gasteiger partial charge in [0, 0.05) is 13.1 Å². The number of pyridine rings is 1. The lowest BCUT2D eigenvalue weighted by Gasteiger charge is -2.33. The van der Waals surface area contributed by atoms with E-state index in [1.165, 1.54) is 6.20 Å². The molecule has 6 heteroatoms. The highest BCUT2D eigenvalue weighted by atomic mass is 16.5. The van der Waals surface area contributed by atoms with Crippen LogP contribution in [0, 0.1) is 0 Å². The molecule has 2 rings (SSSR count). The van der Waals surface area contributed by atoms with E-state index >= 15 is 0 Å². The predicted octanol–water partition coefficient (Wildman–Crippen LogP) is 1.46. The van der Waals surface area contributed by atoms with E-state index in [-0.39, 0.29) is 6.10 Å². The zero-order chi connectivity index (χ0) is 14.5. The Morgan fingerprint density at radius 3 is 3.10 bits per heavy atom. The summed E-state index contributed by atoms with van der Waals surface area (Å²) in [4.78, 5) is 18.3. The second-order valence-electron chi connectivity index (χ2n) is 4.70. The highest BCUT2D eigenvalue weighted by Gasteiger charge is 2.22. The summed E-state index contributed by atoms with van der Waals surface area (Å²) in [5.74, 6) is 0.331. The maximum atomic E-state index is 11.8. The summed E-state index contributed by atoms with van der Waals surface area (Å²) in [5, 5.41) is 0.